The average Bonchev–Trinajstić information content (AvgIpc) is 2.82. The van der Waals surface area contributed by atoms with Crippen molar-refractivity contribution in [1.29, 1.82) is 0 Å². The minimum absolute atomic E-state index is 0.157. The van der Waals surface area contributed by atoms with Crippen molar-refractivity contribution in [2.45, 2.75) is 40.0 Å². The maximum atomic E-state index is 7.62. The van der Waals surface area contributed by atoms with Gasteiger partial charge in [0.05, 0.1) is 6.57 Å². The van der Waals surface area contributed by atoms with Gasteiger partial charge in [0.1, 0.15) is 0 Å². The van der Waals surface area contributed by atoms with Gasteiger partial charge in [0.25, 0.3) is 0 Å². The molecule has 2 aliphatic heterocycles. The molecule has 0 spiro atoms. The van der Waals surface area contributed by atoms with Crippen molar-refractivity contribution >= 4 is 45.9 Å². The van der Waals surface area contributed by atoms with Crippen molar-refractivity contribution in [1.82, 2.24) is 0 Å². The van der Waals surface area contributed by atoms with E-state index in [0.29, 0.717) is 5.69 Å². The standard InChI is InChI=1S/C31H27BN2/c1-19-7-12-23(13-8-19)34-27-15-9-20(2)17-26(27)32-25-14-11-22(33-6)18-24(25)31(4,5)29-21(3)10-16-28(34)30(29)32/h7-18H,1-5H3. The van der Waals surface area contributed by atoms with Gasteiger partial charge in [0.15, 0.2) is 5.69 Å². The van der Waals surface area contributed by atoms with Crippen LogP contribution in [0.3, 0.4) is 0 Å². The van der Waals surface area contributed by atoms with Gasteiger partial charge in [-0.15, -0.1) is 0 Å². The van der Waals surface area contributed by atoms with Crippen LogP contribution in [-0.4, -0.2) is 6.71 Å². The quantitative estimate of drug-likeness (QED) is 0.227. The Labute approximate surface area is 202 Å². The smallest absolute Gasteiger partial charge is 0.247 e. The number of aryl methyl sites for hydroxylation is 3. The third-order valence-electron chi connectivity index (χ3n) is 7.76. The van der Waals surface area contributed by atoms with Crippen LogP contribution in [0.15, 0.2) is 72.8 Å². The lowest BCUT2D eigenvalue weighted by Gasteiger charge is -2.46. The molecule has 164 valence electrons. The lowest BCUT2D eigenvalue weighted by atomic mass is 9.30. The zero-order valence-corrected chi connectivity index (χ0v) is 20.4. The highest BCUT2D eigenvalue weighted by Crippen LogP contribution is 2.44. The monoisotopic (exact) mass is 438 g/mol. The molecule has 0 saturated heterocycles. The van der Waals surface area contributed by atoms with Crippen molar-refractivity contribution in [3.05, 3.63) is 112 Å². The van der Waals surface area contributed by atoms with Crippen molar-refractivity contribution in [2.24, 2.45) is 0 Å². The number of benzene rings is 4. The largest absolute Gasteiger partial charge is 0.312 e. The highest BCUT2D eigenvalue weighted by atomic mass is 15.1. The summed E-state index contributed by atoms with van der Waals surface area (Å²) in [6, 6.07) is 26.6. The third-order valence-corrected chi connectivity index (χ3v) is 7.76. The molecular formula is C31H27BN2. The van der Waals surface area contributed by atoms with Crippen LogP contribution in [0.25, 0.3) is 4.85 Å². The SMILES string of the molecule is [C-]#[N+]c1ccc2c(c1)C(C)(C)c1c(C)ccc3c1B2c1cc(C)ccc1N3c1ccc(C)cc1. The summed E-state index contributed by atoms with van der Waals surface area (Å²) in [4.78, 5) is 6.21. The predicted octanol–water partition coefficient (Wildman–Crippen LogP) is 6.10. The summed E-state index contributed by atoms with van der Waals surface area (Å²) in [7, 11) is 0. The first-order valence-electron chi connectivity index (χ1n) is 11.9. The van der Waals surface area contributed by atoms with Gasteiger partial charge in [-0.3, -0.25) is 0 Å². The molecule has 0 unspecified atom stereocenters. The van der Waals surface area contributed by atoms with Crippen LogP contribution in [0.2, 0.25) is 0 Å². The molecule has 0 N–H and O–H groups in total. The molecule has 2 heterocycles. The molecule has 0 saturated carbocycles. The summed E-state index contributed by atoms with van der Waals surface area (Å²) >= 11 is 0. The molecule has 6 rings (SSSR count). The molecule has 4 aromatic rings. The maximum absolute atomic E-state index is 7.62. The Bertz CT molecular complexity index is 1520. The second kappa shape index (κ2) is 7.11. The summed E-state index contributed by atoms with van der Waals surface area (Å²) in [5, 5.41) is 0. The molecule has 34 heavy (non-hydrogen) atoms. The summed E-state index contributed by atoms with van der Waals surface area (Å²) in [5.74, 6) is 0. The molecule has 0 atom stereocenters. The maximum Gasteiger partial charge on any atom is 0.247 e. The summed E-state index contributed by atoms with van der Waals surface area (Å²) in [6.07, 6.45) is 0. The van der Waals surface area contributed by atoms with E-state index in [9.17, 15) is 0 Å². The van der Waals surface area contributed by atoms with Gasteiger partial charge in [0.2, 0.25) is 6.71 Å². The van der Waals surface area contributed by atoms with Gasteiger partial charge in [0, 0.05) is 22.5 Å². The number of anilines is 3. The molecule has 4 aromatic carbocycles. The average molecular weight is 438 g/mol. The van der Waals surface area contributed by atoms with E-state index in [1.807, 2.05) is 6.07 Å². The van der Waals surface area contributed by atoms with Gasteiger partial charge in [-0.25, -0.2) is 4.85 Å². The Morgan fingerprint density at radius 1 is 0.765 bits per heavy atom. The lowest BCUT2D eigenvalue weighted by molar-refractivity contribution is 0.641. The fourth-order valence-electron chi connectivity index (χ4n) is 6.26. The van der Waals surface area contributed by atoms with Gasteiger partial charge >= 0.3 is 0 Å². The van der Waals surface area contributed by atoms with Crippen LogP contribution in [-0.2, 0) is 5.41 Å². The van der Waals surface area contributed by atoms with E-state index in [4.69, 9.17) is 6.57 Å². The van der Waals surface area contributed by atoms with Crippen molar-refractivity contribution in [3.8, 4) is 0 Å². The normalized spacial score (nSPS) is 14.7. The fraction of sp³-hybridized carbons (Fsp3) is 0.194. The van der Waals surface area contributed by atoms with Crippen LogP contribution < -0.4 is 21.3 Å². The van der Waals surface area contributed by atoms with E-state index in [1.165, 1.54) is 61.3 Å². The van der Waals surface area contributed by atoms with E-state index >= 15 is 0 Å². The first kappa shape index (κ1) is 20.8. The number of fused-ring (bicyclic) bond motifs is 4. The van der Waals surface area contributed by atoms with E-state index in [-0.39, 0.29) is 12.1 Å². The van der Waals surface area contributed by atoms with Gasteiger partial charge in [-0.2, -0.15) is 0 Å². The number of hydrogen-bond acceptors (Lipinski definition) is 1. The summed E-state index contributed by atoms with van der Waals surface area (Å²) < 4.78 is 0. The van der Waals surface area contributed by atoms with Crippen LogP contribution in [0.1, 0.15) is 41.7 Å². The Kier molecular flexibility index (Phi) is 4.36. The second-order valence-corrected chi connectivity index (χ2v) is 10.4. The topological polar surface area (TPSA) is 7.60 Å². The van der Waals surface area contributed by atoms with Crippen LogP contribution >= 0.6 is 0 Å². The number of nitrogens with zero attached hydrogens (tertiary/aromatic N) is 2. The number of hydrogen-bond donors (Lipinski definition) is 0. The first-order chi connectivity index (χ1) is 16.3. The Morgan fingerprint density at radius 2 is 1.47 bits per heavy atom. The minimum atomic E-state index is -0.192. The van der Waals surface area contributed by atoms with Crippen molar-refractivity contribution in [3.63, 3.8) is 0 Å². The van der Waals surface area contributed by atoms with Crippen molar-refractivity contribution in [2.75, 3.05) is 4.90 Å². The first-order valence-corrected chi connectivity index (χ1v) is 11.9. The highest BCUT2D eigenvalue weighted by molar-refractivity contribution is 6.99. The second-order valence-electron chi connectivity index (χ2n) is 10.4. The molecule has 3 heteroatoms. The number of rotatable bonds is 1. The molecule has 2 nitrogen and oxygen atoms in total. The lowest BCUT2D eigenvalue weighted by Crippen LogP contribution is -2.64. The highest BCUT2D eigenvalue weighted by Gasteiger charge is 2.46. The Balaban J connectivity index is 1.75. The summed E-state index contributed by atoms with van der Waals surface area (Å²) in [5.41, 5.74) is 14.8. The zero-order chi connectivity index (χ0) is 23.8. The molecule has 0 bridgehead atoms. The summed E-state index contributed by atoms with van der Waals surface area (Å²) in [6.45, 7) is 19.0. The predicted molar refractivity (Wildman–Crippen MR) is 145 cm³/mol. The molecule has 0 aliphatic carbocycles. The zero-order valence-electron chi connectivity index (χ0n) is 20.4. The molecule has 0 radical (unpaired) electrons. The third kappa shape index (κ3) is 2.75. The van der Waals surface area contributed by atoms with Gasteiger partial charge < -0.3 is 4.90 Å². The van der Waals surface area contributed by atoms with Crippen LogP contribution in [0.4, 0.5) is 22.7 Å². The van der Waals surface area contributed by atoms with Crippen LogP contribution in [0.5, 0.6) is 0 Å². The molecule has 0 amide bonds. The molecular weight excluding hydrogens is 411 g/mol. The van der Waals surface area contributed by atoms with Crippen LogP contribution in [0, 0.1) is 27.3 Å². The van der Waals surface area contributed by atoms with Crippen molar-refractivity contribution < 1.29 is 0 Å². The minimum Gasteiger partial charge on any atom is -0.312 e. The fourth-order valence-corrected chi connectivity index (χ4v) is 6.26. The van der Waals surface area contributed by atoms with E-state index in [2.05, 4.69) is 111 Å². The van der Waals surface area contributed by atoms with E-state index in [1.54, 1.807) is 0 Å². The molecule has 0 fully saturated rings. The van der Waals surface area contributed by atoms with Gasteiger partial charge in [-0.05, 0) is 67.1 Å². The van der Waals surface area contributed by atoms with Gasteiger partial charge in [-0.1, -0.05) is 84.5 Å². The molecule has 0 aromatic heterocycles. The molecule has 2 aliphatic rings. The van der Waals surface area contributed by atoms with E-state index < -0.39 is 0 Å². The van der Waals surface area contributed by atoms with E-state index in [0.717, 1.165) is 0 Å². The Morgan fingerprint density at radius 3 is 2.21 bits per heavy atom. The Hall–Kier alpha value is -3.77.